The highest BCUT2D eigenvalue weighted by Gasteiger charge is 2.18. The highest BCUT2D eigenvalue weighted by atomic mass is 32.1. The topological polar surface area (TPSA) is 66.3 Å². The summed E-state index contributed by atoms with van der Waals surface area (Å²) >= 11 is 5.19. The number of para-hydroxylation sites is 1. The molecule has 1 aromatic heterocycles. The Morgan fingerprint density at radius 2 is 1.95 bits per heavy atom. The van der Waals surface area contributed by atoms with Crippen LogP contribution in [0.3, 0.4) is 0 Å². The Kier molecular flexibility index (Phi) is 4.29. The van der Waals surface area contributed by atoms with Gasteiger partial charge in [-0.2, -0.15) is 0 Å². The zero-order valence-corrected chi connectivity index (χ0v) is 13.3. The van der Waals surface area contributed by atoms with Gasteiger partial charge in [0.1, 0.15) is 5.58 Å². The highest BCUT2D eigenvalue weighted by Crippen LogP contribution is 2.24. The Bertz CT molecular complexity index is 704. The van der Waals surface area contributed by atoms with Gasteiger partial charge in [0.2, 0.25) is 0 Å². The molecule has 1 heterocycles. The molecule has 3 N–H and O–H groups in total. The summed E-state index contributed by atoms with van der Waals surface area (Å²) in [5, 5.41) is 4.58. The van der Waals surface area contributed by atoms with Crippen LogP contribution in [0.1, 0.15) is 41.8 Å². The number of nitrogens with one attached hydrogen (secondary N) is 3. The van der Waals surface area contributed by atoms with E-state index in [0.717, 1.165) is 23.8 Å². The number of thiocarbonyl (C=S) groups is 1. The van der Waals surface area contributed by atoms with E-state index in [1.807, 2.05) is 31.2 Å². The van der Waals surface area contributed by atoms with E-state index in [1.165, 1.54) is 12.8 Å². The molecule has 0 radical (unpaired) electrons. The van der Waals surface area contributed by atoms with Gasteiger partial charge >= 0.3 is 5.91 Å². The van der Waals surface area contributed by atoms with Crippen LogP contribution < -0.4 is 16.2 Å². The second kappa shape index (κ2) is 6.36. The first-order valence-electron chi connectivity index (χ1n) is 7.50. The summed E-state index contributed by atoms with van der Waals surface area (Å²) in [6, 6.07) is 7.99. The van der Waals surface area contributed by atoms with Crippen LogP contribution in [0.15, 0.2) is 28.7 Å². The maximum atomic E-state index is 12.2. The van der Waals surface area contributed by atoms with Gasteiger partial charge in [0, 0.05) is 17.0 Å². The molecule has 3 rings (SSSR count). The van der Waals surface area contributed by atoms with Gasteiger partial charge in [-0.25, -0.2) is 0 Å². The van der Waals surface area contributed by atoms with E-state index < -0.39 is 0 Å². The molecule has 1 aliphatic carbocycles. The molecule has 1 fully saturated rings. The van der Waals surface area contributed by atoms with E-state index in [4.69, 9.17) is 16.6 Å². The molecule has 1 aromatic carbocycles. The van der Waals surface area contributed by atoms with E-state index in [-0.39, 0.29) is 5.91 Å². The number of hydrazine groups is 1. The summed E-state index contributed by atoms with van der Waals surface area (Å²) in [7, 11) is 0. The first-order valence-corrected chi connectivity index (χ1v) is 7.91. The average molecular weight is 317 g/mol. The van der Waals surface area contributed by atoms with Crippen molar-refractivity contribution < 1.29 is 9.21 Å². The van der Waals surface area contributed by atoms with E-state index in [2.05, 4.69) is 16.2 Å². The molecule has 1 aliphatic rings. The second-order valence-corrected chi connectivity index (χ2v) is 5.99. The van der Waals surface area contributed by atoms with Gasteiger partial charge in [0.25, 0.3) is 0 Å². The van der Waals surface area contributed by atoms with Crippen LogP contribution in [0.4, 0.5) is 0 Å². The third-order valence-electron chi connectivity index (χ3n) is 4.03. The number of benzene rings is 1. The SMILES string of the molecule is Cc1c(C(=O)NNC(=S)NC2CCCC2)oc2ccccc12. The molecular weight excluding hydrogens is 298 g/mol. The van der Waals surface area contributed by atoms with E-state index >= 15 is 0 Å². The number of aryl methyl sites for hydroxylation is 1. The number of furan rings is 1. The van der Waals surface area contributed by atoms with Crippen molar-refractivity contribution in [3.8, 4) is 0 Å². The van der Waals surface area contributed by atoms with Crippen molar-refractivity contribution in [1.82, 2.24) is 16.2 Å². The van der Waals surface area contributed by atoms with Crippen molar-refractivity contribution in [2.75, 3.05) is 0 Å². The van der Waals surface area contributed by atoms with Crippen LogP contribution >= 0.6 is 12.2 Å². The molecule has 0 atom stereocenters. The first-order chi connectivity index (χ1) is 10.6. The van der Waals surface area contributed by atoms with Crippen molar-refractivity contribution >= 4 is 34.2 Å². The van der Waals surface area contributed by atoms with Gasteiger partial charge in [0.05, 0.1) is 0 Å². The van der Waals surface area contributed by atoms with Crippen molar-refractivity contribution in [2.45, 2.75) is 38.6 Å². The van der Waals surface area contributed by atoms with Crippen LogP contribution in [-0.4, -0.2) is 17.1 Å². The van der Waals surface area contributed by atoms with Crippen molar-refractivity contribution in [2.24, 2.45) is 0 Å². The predicted octanol–water partition coefficient (Wildman–Crippen LogP) is 2.79. The Labute approximate surface area is 134 Å². The number of fused-ring (bicyclic) bond motifs is 1. The summed E-state index contributed by atoms with van der Waals surface area (Å²) in [6.45, 7) is 1.87. The Morgan fingerprint density at radius 1 is 1.23 bits per heavy atom. The minimum atomic E-state index is -0.329. The zero-order valence-electron chi connectivity index (χ0n) is 12.4. The minimum Gasteiger partial charge on any atom is -0.451 e. The summed E-state index contributed by atoms with van der Waals surface area (Å²) in [5.74, 6) is -0.0263. The van der Waals surface area contributed by atoms with Crippen LogP contribution in [-0.2, 0) is 0 Å². The quantitative estimate of drug-likeness (QED) is 0.587. The predicted molar refractivity (Wildman–Crippen MR) is 89.5 cm³/mol. The summed E-state index contributed by atoms with van der Waals surface area (Å²) < 4.78 is 5.61. The Morgan fingerprint density at radius 3 is 2.68 bits per heavy atom. The lowest BCUT2D eigenvalue weighted by atomic mass is 10.1. The number of rotatable bonds is 2. The summed E-state index contributed by atoms with van der Waals surface area (Å²) in [6.07, 6.45) is 4.70. The van der Waals surface area contributed by atoms with E-state index in [1.54, 1.807) is 0 Å². The third kappa shape index (κ3) is 3.06. The molecule has 0 bridgehead atoms. The van der Waals surface area contributed by atoms with Crippen molar-refractivity contribution in [3.05, 3.63) is 35.6 Å². The van der Waals surface area contributed by atoms with Gasteiger partial charge in [-0.3, -0.25) is 15.6 Å². The standard InChI is InChI=1S/C16H19N3O2S/c1-10-12-8-4-5-9-13(12)21-14(10)15(20)18-19-16(22)17-11-6-2-3-7-11/h4-5,8-9,11H,2-3,6-7H2,1H3,(H,18,20)(H2,17,19,22). The number of carbonyl (C=O) groups is 1. The lowest BCUT2D eigenvalue weighted by molar-refractivity contribution is 0.0917. The number of hydrogen-bond acceptors (Lipinski definition) is 3. The highest BCUT2D eigenvalue weighted by molar-refractivity contribution is 7.80. The molecule has 1 amide bonds. The van der Waals surface area contributed by atoms with Gasteiger partial charge in [-0.05, 0) is 38.0 Å². The first kappa shape index (κ1) is 14.8. The molecule has 22 heavy (non-hydrogen) atoms. The minimum absolute atomic E-state index is 0.303. The Hall–Kier alpha value is -2.08. The van der Waals surface area contributed by atoms with Crippen molar-refractivity contribution in [3.63, 3.8) is 0 Å². The molecule has 2 aromatic rings. The molecule has 6 heteroatoms. The number of hydrogen-bond donors (Lipinski definition) is 3. The van der Waals surface area contributed by atoms with Gasteiger partial charge in [-0.15, -0.1) is 0 Å². The lowest BCUT2D eigenvalue weighted by Crippen LogP contribution is -2.49. The molecule has 0 spiro atoms. The van der Waals surface area contributed by atoms with Crippen LogP contribution in [0.5, 0.6) is 0 Å². The molecule has 0 saturated heterocycles. The monoisotopic (exact) mass is 317 g/mol. The fraction of sp³-hybridized carbons (Fsp3) is 0.375. The molecule has 0 unspecified atom stereocenters. The van der Waals surface area contributed by atoms with Crippen LogP contribution in [0.2, 0.25) is 0 Å². The van der Waals surface area contributed by atoms with Gasteiger partial charge in [-0.1, -0.05) is 31.0 Å². The average Bonchev–Trinajstić information content (AvgIpc) is 3.13. The molecule has 0 aliphatic heterocycles. The van der Waals surface area contributed by atoms with Gasteiger partial charge < -0.3 is 9.73 Å². The fourth-order valence-electron chi connectivity index (χ4n) is 2.85. The van der Waals surface area contributed by atoms with E-state index in [0.29, 0.717) is 22.5 Å². The van der Waals surface area contributed by atoms with Crippen LogP contribution in [0, 0.1) is 6.92 Å². The van der Waals surface area contributed by atoms with Gasteiger partial charge in [0.15, 0.2) is 10.9 Å². The largest absolute Gasteiger partial charge is 0.451 e. The Balaban J connectivity index is 1.61. The van der Waals surface area contributed by atoms with E-state index in [9.17, 15) is 4.79 Å². The number of amides is 1. The van der Waals surface area contributed by atoms with Crippen molar-refractivity contribution in [1.29, 1.82) is 0 Å². The molecular formula is C16H19N3O2S. The van der Waals surface area contributed by atoms with Crippen LogP contribution in [0.25, 0.3) is 11.0 Å². The lowest BCUT2D eigenvalue weighted by Gasteiger charge is -2.15. The summed E-state index contributed by atoms with van der Waals surface area (Å²) in [5.41, 5.74) is 6.86. The maximum Gasteiger partial charge on any atom is 0.305 e. The smallest absolute Gasteiger partial charge is 0.305 e. The maximum absolute atomic E-state index is 12.2. The fourth-order valence-corrected chi connectivity index (χ4v) is 3.07. The zero-order chi connectivity index (χ0) is 15.5. The molecule has 5 nitrogen and oxygen atoms in total. The molecule has 1 saturated carbocycles. The normalized spacial score (nSPS) is 15.0. The third-order valence-corrected chi connectivity index (χ3v) is 4.25. The number of carbonyl (C=O) groups excluding carboxylic acids is 1. The molecule has 116 valence electrons. The second-order valence-electron chi connectivity index (χ2n) is 5.59. The summed E-state index contributed by atoms with van der Waals surface area (Å²) in [4.78, 5) is 12.2.